The van der Waals surface area contributed by atoms with Crippen LogP contribution in [0.3, 0.4) is 0 Å². The first kappa shape index (κ1) is 21.3. The molecule has 0 aliphatic rings. The number of benzene rings is 1. The van der Waals surface area contributed by atoms with Gasteiger partial charge in [-0.3, -0.25) is 4.79 Å². The zero-order valence-corrected chi connectivity index (χ0v) is 15.2. The van der Waals surface area contributed by atoms with E-state index in [1.165, 1.54) is 33.5 Å². The quantitative estimate of drug-likeness (QED) is 0.152. The SMILES string of the molecule is COCCOCCOC(=O)C#CC(=O)c1cc(OC)c(OC)c(OC)c1. The average molecular weight is 366 g/mol. The van der Waals surface area contributed by atoms with Crippen LogP contribution in [0, 0.1) is 11.8 Å². The van der Waals surface area contributed by atoms with Crippen molar-refractivity contribution in [3.8, 4) is 29.1 Å². The van der Waals surface area contributed by atoms with Gasteiger partial charge < -0.3 is 28.4 Å². The maximum Gasteiger partial charge on any atom is 0.384 e. The summed E-state index contributed by atoms with van der Waals surface area (Å²) >= 11 is 0. The average Bonchev–Trinajstić information content (AvgIpc) is 2.67. The van der Waals surface area contributed by atoms with Crippen LogP contribution in [0.4, 0.5) is 0 Å². The van der Waals surface area contributed by atoms with Gasteiger partial charge >= 0.3 is 5.97 Å². The fourth-order valence-electron chi connectivity index (χ4n) is 1.87. The molecule has 0 unspecified atom stereocenters. The van der Waals surface area contributed by atoms with Crippen molar-refractivity contribution >= 4 is 11.8 Å². The lowest BCUT2D eigenvalue weighted by Crippen LogP contribution is -2.11. The number of carbonyl (C=O) groups is 2. The van der Waals surface area contributed by atoms with Gasteiger partial charge in [-0.25, -0.2) is 4.79 Å². The van der Waals surface area contributed by atoms with Crippen LogP contribution < -0.4 is 14.2 Å². The molecule has 8 nitrogen and oxygen atoms in total. The summed E-state index contributed by atoms with van der Waals surface area (Å²) in [4.78, 5) is 23.7. The number of Topliss-reactive ketones (excluding diaryl/α,β-unsaturated/α-hetero) is 1. The molecule has 0 fully saturated rings. The van der Waals surface area contributed by atoms with E-state index in [4.69, 9.17) is 28.4 Å². The summed E-state index contributed by atoms with van der Waals surface area (Å²) in [6.07, 6.45) is 0. The molecule has 1 aromatic carbocycles. The zero-order valence-electron chi connectivity index (χ0n) is 15.2. The van der Waals surface area contributed by atoms with Crippen LogP contribution in [0.2, 0.25) is 0 Å². The van der Waals surface area contributed by atoms with E-state index in [2.05, 4.69) is 11.8 Å². The second kappa shape index (κ2) is 11.7. The molecule has 0 bridgehead atoms. The summed E-state index contributed by atoms with van der Waals surface area (Å²) in [6.45, 7) is 1.11. The number of ketones is 1. The van der Waals surface area contributed by atoms with Gasteiger partial charge in [-0.2, -0.15) is 0 Å². The van der Waals surface area contributed by atoms with E-state index >= 15 is 0 Å². The number of methoxy groups -OCH3 is 4. The van der Waals surface area contributed by atoms with Crippen LogP contribution in [0.5, 0.6) is 17.2 Å². The monoisotopic (exact) mass is 366 g/mol. The smallest absolute Gasteiger partial charge is 0.384 e. The van der Waals surface area contributed by atoms with Crippen molar-refractivity contribution in [2.24, 2.45) is 0 Å². The standard InChI is InChI=1S/C18H22O8/c1-21-7-8-25-9-10-26-17(20)6-5-14(19)13-11-15(22-2)18(24-4)16(12-13)23-3/h11-12H,7-10H2,1-4H3. The van der Waals surface area contributed by atoms with Crippen molar-refractivity contribution < 1.29 is 38.0 Å². The Morgan fingerprint density at radius 3 is 2.00 bits per heavy atom. The molecule has 0 aromatic heterocycles. The molecule has 0 N–H and O–H groups in total. The second-order valence-corrected chi connectivity index (χ2v) is 4.73. The molecule has 1 aromatic rings. The van der Waals surface area contributed by atoms with Gasteiger partial charge in [0.25, 0.3) is 0 Å². The molecule has 0 saturated heterocycles. The fourth-order valence-corrected chi connectivity index (χ4v) is 1.87. The zero-order chi connectivity index (χ0) is 19.4. The van der Waals surface area contributed by atoms with E-state index in [0.717, 1.165) is 0 Å². The predicted molar refractivity (Wildman–Crippen MR) is 91.9 cm³/mol. The summed E-state index contributed by atoms with van der Waals surface area (Å²) in [6, 6.07) is 2.90. The number of hydrogen-bond acceptors (Lipinski definition) is 8. The second-order valence-electron chi connectivity index (χ2n) is 4.73. The van der Waals surface area contributed by atoms with Crippen molar-refractivity contribution in [1.29, 1.82) is 0 Å². The van der Waals surface area contributed by atoms with E-state index in [1.54, 1.807) is 7.11 Å². The highest BCUT2D eigenvalue weighted by atomic mass is 16.6. The Labute approximate surface area is 152 Å². The topological polar surface area (TPSA) is 89.5 Å². The van der Waals surface area contributed by atoms with Gasteiger partial charge in [0.1, 0.15) is 6.61 Å². The van der Waals surface area contributed by atoms with Gasteiger partial charge in [-0.1, -0.05) is 0 Å². The predicted octanol–water partition coefficient (Wildman–Crippen LogP) is 1.10. The number of rotatable bonds is 10. The molecule has 0 aliphatic carbocycles. The lowest BCUT2D eigenvalue weighted by molar-refractivity contribution is -0.138. The minimum Gasteiger partial charge on any atom is -0.493 e. The van der Waals surface area contributed by atoms with Gasteiger partial charge in [0, 0.05) is 18.6 Å². The molecule has 0 aliphatic heterocycles. The van der Waals surface area contributed by atoms with E-state index in [9.17, 15) is 9.59 Å². The summed E-state index contributed by atoms with van der Waals surface area (Å²) in [5.74, 6) is 3.93. The molecule has 0 spiro atoms. The van der Waals surface area contributed by atoms with Crippen molar-refractivity contribution in [2.75, 3.05) is 54.9 Å². The third-order valence-electron chi connectivity index (χ3n) is 3.10. The van der Waals surface area contributed by atoms with Crippen LogP contribution in [-0.2, 0) is 19.0 Å². The highest BCUT2D eigenvalue weighted by Gasteiger charge is 2.16. The van der Waals surface area contributed by atoms with Crippen molar-refractivity contribution in [3.63, 3.8) is 0 Å². The molecule has 142 valence electrons. The summed E-state index contributed by atoms with van der Waals surface area (Å²) in [7, 11) is 5.88. The van der Waals surface area contributed by atoms with Crippen LogP contribution >= 0.6 is 0 Å². The van der Waals surface area contributed by atoms with E-state index in [1.807, 2.05) is 0 Å². The Morgan fingerprint density at radius 1 is 0.846 bits per heavy atom. The Bertz CT molecular complexity index is 646. The van der Waals surface area contributed by atoms with Crippen LogP contribution in [0.25, 0.3) is 0 Å². The molecular formula is C18H22O8. The van der Waals surface area contributed by atoms with Crippen molar-refractivity contribution in [1.82, 2.24) is 0 Å². The first-order valence-corrected chi connectivity index (χ1v) is 7.67. The maximum absolute atomic E-state index is 12.2. The highest BCUT2D eigenvalue weighted by Crippen LogP contribution is 2.38. The minimum atomic E-state index is -0.818. The number of carbonyl (C=O) groups excluding carboxylic acids is 2. The largest absolute Gasteiger partial charge is 0.493 e. The fraction of sp³-hybridized carbons (Fsp3) is 0.444. The summed E-state index contributed by atoms with van der Waals surface area (Å²) in [5, 5.41) is 0. The molecule has 0 amide bonds. The lowest BCUT2D eigenvalue weighted by atomic mass is 10.1. The van der Waals surface area contributed by atoms with E-state index in [-0.39, 0.29) is 18.8 Å². The first-order valence-electron chi connectivity index (χ1n) is 7.67. The van der Waals surface area contributed by atoms with Gasteiger partial charge in [0.15, 0.2) is 11.5 Å². The molecule has 26 heavy (non-hydrogen) atoms. The van der Waals surface area contributed by atoms with Crippen LogP contribution in [0.1, 0.15) is 10.4 Å². The number of ether oxygens (including phenoxy) is 6. The van der Waals surface area contributed by atoms with Gasteiger partial charge in [-0.05, 0) is 18.1 Å². The molecular weight excluding hydrogens is 344 g/mol. The van der Waals surface area contributed by atoms with Crippen molar-refractivity contribution in [3.05, 3.63) is 17.7 Å². The van der Waals surface area contributed by atoms with Crippen LogP contribution in [-0.4, -0.2) is 66.6 Å². The van der Waals surface area contributed by atoms with Gasteiger partial charge in [0.2, 0.25) is 11.5 Å². The molecule has 0 saturated carbocycles. The summed E-state index contributed by atoms with van der Waals surface area (Å²) < 4.78 is 30.3. The Balaban J connectivity index is 2.68. The Kier molecular flexibility index (Phi) is 9.61. The first-order chi connectivity index (χ1) is 12.6. The minimum absolute atomic E-state index is 0.0373. The third-order valence-corrected chi connectivity index (χ3v) is 3.10. The molecule has 0 atom stereocenters. The molecule has 0 radical (unpaired) electrons. The third kappa shape index (κ3) is 6.63. The molecule has 0 heterocycles. The maximum atomic E-state index is 12.2. The number of hydrogen-bond donors (Lipinski definition) is 0. The summed E-state index contributed by atoms with van der Waals surface area (Å²) in [5.41, 5.74) is 0.197. The highest BCUT2D eigenvalue weighted by molar-refractivity contribution is 6.12. The van der Waals surface area contributed by atoms with E-state index < -0.39 is 11.8 Å². The van der Waals surface area contributed by atoms with Gasteiger partial charge in [0.05, 0.1) is 41.2 Å². The molecule has 1 rings (SSSR count). The number of esters is 1. The van der Waals surface area contributed by atoms with Crippen molar-refractivity contribution in [2.45, 2.75) is 0 Å². The van der Waals surface area contributed by atoms with Crippen LogP contribution in [0.15, 0.2) is 12.1 Å². The Morgan fingerprint density at radius 2 is 1.46 bits per heavy atom. The van der Waals surface area contributed by atoms with E-state index in [0.29, 0.717) is 30.5 Å². The molecule has 8 heteroatoms. The normalized spacial score (nSPS) is 9.69. The van der Waals surface area contributed by atoms with Gasteiger partial charge in [-0.15, -0.1) is 0 Å². The lowest BCUT2D eigenvalue weighted by Gasteiger charge is -2.12. The Hall–Kier alpha value is -2.76.